The van der Waals surface area contributed by atoms with Crippen molar-refractivity contribution in [3.8, 4) is 0 Å². The van der Waals surface area contributed by atoms with E-state index in [0.717, 1.165) is 129 Å². The van der Waals surface area contributed by atoms with Gasteiger partial charge in [-0.2, -0.15) is 29.9 Å². The Kier molecular flexibility index (Phi) is 20.5. The molecule has 74 heavy (non-hydrogen) atoms. The van der Waals surface area contributed by atoms with Gasteiger partial charge in [-0.25, -0.2) is 0 Å². The smallest absolute Gasteiger partial charge is 0.233 e. The van der Waals surface area contributed by atoms with E-state index in [-0.39, 0.29) is 10.9 Å². The maximum absolute atomic E-state index is 14.3. The number of hydrogen-bond donors (Lipinski definition) is 8. The second-order valence-corrected chi connectivity index (χ2v) is 20.2. The van der Waals surface area contributed by atoms with Crippen LogP contribution in [0.5, 0.6) is 0 Å². The summed E-state index contributed by atoms with van der Waals surface area (Å²) in [5.41, 5.74) is 3.36. The van der Waals surface area contributed by atoms with Crippen LogP contribution < -0.4 is 47.7 Å². The van der Waals surface area contributed by atoms with Crippen molar-refractivity contribution in [2.45, 2.75) is 77.0 Å². The fraction of sp³-hybridized carbons (Fsp3) is 0.519. The molecular formula is C54H80N18O2. The molecule has 0 aliphatic rings. The van der Waals surface area contributed by atoms with Gasteiger partial charge in [-0.3, -0.25) is 9.59 Å². The van der Waals surface area contributed by atoms with Crippen molar-refractivity contribution >= 4 is 90.7 Å². The zero-order chi connectivity index (χ0) is 52.4. The van der Waals surface area contributed by atoms with E-state index in [1.165, 1.54) is 0 Å². The molecule has 0 spiro atoms. The molecular weight excluding hydrogens is 933 g/mol. The predicted octanol–water partition coefficient (Wildman–Crippen LogP) is 7.79. The Morgan fingerprint density at radius 1 is 0.405 bits per heavy atom. The van der Waals surface area contributed by atoms with Crippen LogP contribution in [0.2, 0.25) is 0 Å². The van der Waals surface area contributed by atoms with E-state index in [9.17, 15) is 9.59 Å². The Labute approximate surface area is 435 Å². The van der Waals surface area contributed by atoms with Gasteiger partial charge < -0.3 is 61.5 Å². The van der Waals surface area contributed by atoms with E-state index in [1.807, 2.05) is 50.5 Å². The van der Waals surface area contributed by atoms with Crippen LogP contribution in [0.4, 0.5) is 47.1 Å². The summed E-state index contributed by atoms with van der Waals surface area (Å²) in [6, 6.07) is 14.6. The SMILES string of the molecule is CNCCCCCN(C)c1nc(NCCCCCN(C)C)nc(Nc2ccc3[nH]c4cc5c(=O)c6cc(Nc7nc(NCCCCCN(C)C)nc(NCCCCCN(C)C)n7)ccc6[nH]c5cc4c(=O)c3c2)n1. The van der Waals surface area contributed by atoms with Crippen molar-refractivity contribution in [1.82, 2.24) is 59.9 Å². The molecule has 20 heteroatoms. The number of nitrogens with one attached hydrogen (secondary N) is 8. The van der Waals surface area contributed by atoms with Crippen molar-refractivity contribution < 1.29 is 0 Å². The van der Waals surface area contributed by atoms with E-state index in [0.29, 0.717) is 90.7 Å². The van der Waals surface area contributed by atoms with Gasteiger partial charge in [0.25, 0.3) is 0 Å². The molecule has 4 aromatic heterocycles. The fourth-order valence-electron chi connectivity index (χ4n) is 8.84. The minimum Gasteiger partial charge on any atom is -0.354 e. The van der Waals surface area contributed by atoms with Gasteiger partial charge in [-0.05, 0) is 175 Å². The predicted molar refractivity (Wildman–Crippen MR) is 308 cm³/mol. The van der Waals surface area contributed by atoms with Gasteiger partial charge in [0.2, 0.25) is 35.7 Å². The molecule has 3 aromatic carbocycles. The van der Waals surface area contributed by atoms with Gasteiger partial charge >= 0.3 is 0 Å². The second kappa shape index (κ2) is 27.5. The molecule has 0 amide bonds. The van der Waals surface area contributed by atoms with E-state index in [4.69, 9.17) is 24.9 Å². The Bertz CT molecular complexity index is 2990. The zero-order valence-corrected chi connectivity index (χ0v) is 45.0. The summed E-state index contributed by atoms with van der Waals surface area (Å²) in [5, 5.41) is 22.0. The first kappa shape index (κ1) is 55.0. The summed E-state index contributed by atoms with van der Waals surface area (Å²) < 4.78 is 0. The first-order chi connectivity index (χ1) is 35.8. The molecule has 0 aliphatic heterocycles. The number of aromatic nitrogens is 8. The molecule has 0 unspecified atom stereocenters. The number of pyridine rings is 2. The van der Waals surface area contributed by atoms with Crippen LogP contribution in [0.3, 0.4) is 0 Å². The number of benzene rings is 3. The van der Waals surface area contributed by atoms with Crippen molar-refractivity contribution in [3.63, 3.8) is 0 Å². The van der Waals surface area contributed by atoms with Gasteiger partial charge in [-0.15, -0.1) is 0 Å². The number of rotatable bonds is 32. The van der Waals surface area contributed by atoms with Gasteiger partial charge in [0.1, 0.15) is 0 Å². The van der Waals surface area contributed by atoms with Crippen LogP contribution >= 0.6 is 0 Å². The lowest BCUT2D eigenvalue weighted by Gasteiger charge is -2.19. The molecule has 7 rings (SSSR count). The standard InChI is InChI=1S/C54H80N18O2/c1-55-25-13-9-20-32-72(8)54-67-51(58-28-16-12-19-31-71(6)7)66-53(68-54)60-38-22-24-44-40(34-38)48(74)42-36-45-41(35-46(42)62-44)47(73)39-33-37(21-23-43(39)61-45)59-52-64-49(56-26-14-10-17-29-69(2)3)63-50(65-52)57-27-15-11-18-30-70(4)5/h21-24,33-36,55H,9-20,25-32H2,1-8H3,(H,61,73)(H,62,74)(H2,58,60,66,67,68)(H3,56,57,59,63,64,65). The second-order valence-electron chi connectivity index (χ2n) is 20.2. The number of unbranched alkanes of at least 4 members (excludes halogenated alkanes) is 8. The number of fused-ring (bicyclic) bond motifs is 4. The molecule has 0 bridgehead atoms. The molecule has 0 fully saturated rings. The molecule has 0 radical (unpaired) electrons. The lowest BCUT2D eigenvalue weighted by molar-refractivity contribution is 0.392. The van der Waals surface area contributed by atoms with Crippen molar-refractivity contribution in [2.24, 2.45) is 0 Å². The maximum Gasteiger partial charge on any atom is 0.233 e. The van der Waals surface area contributed by atoms with Crippen LogP contribution in [-0.2, 0) is 0 Å². The van der Waals surface area contributed by atoms with E-state index < -0.39 is 0 Å². The number of anilines is 8. The van der Waals surface area contributed by atoms with E-state index >= 15 is 0 Å². The highest BCUT2D eigenvalue weighted by Gasteiger charge is 2.16. The number of hydrogen-bond acceptors (Lipinski definition) is 18. The van der Waals surface area contributed by atoms with Gasteiger partial charge in [0.05, 0.1) is 11.0 Å². The Balaban J connectivity index is 1.11. The maximum atomic E-state index is 14.3. The summed E-state index contributed by atoms with van der Waals surface area (Å²) in [6.45, 7) is 7.18. The van der Waals surface area contributed by atoms with Crippen molar-refractivity contribution in [3.05, 3.63) is 69.0 Å². The highest BCUT2D eigenvalue weighted by Crippen LogP contribution is 2.27. The number of aromatic amines is 2. The first-order valence-corrected chi connectivity index (χ1v) is 26.5. The quantitative estimate of drug-likeness (QED) is 0.0149. The van der Waals surface area contributed by atoms with Gasteiger partial charge in [0.15, 0.2) is 10.9 Å². The molecule has 0 saturated carbocycles. The lowest BCUT2D eigenvalue weighted by atomic mass is 10.0. The summed E-state index contributed by atoms with van der Waals surface area (Å²) in [4.78, 5) is 72.6. The van der Waals surface area contributed by atoms with Crippen LogP contribution in [0.15, 0.2) is 58.1 Å². The number of H-pyrrole nitrogens is 2. The van der Waals surface area contributed by atoms with Crippen LogP contribution in [0, 0.1) is 0 Å². The van der Waals surface area contributed by atoms with Crippen LogP contribution in [0.25, 0.3) is 43.6 Å². The molecule has 0 atom stereocenters. The largest absolute Gasteiger partial charge is 0.354 e. The van der Waals surface area contributed by atoms with E-state index in [2.05, 4.69) is 109 Å². The average Bonchev–Trinajstić information content (AvgIpc) is 3.37. The third-order valence-corrected chi connectivity index (χ3v) is 12.9. The normalized spacial score (nSPS) is 11.8. The molecule has 0 aliphatic carbocycles. The first-order valence-electron chi connectivity index (χ1n) is 26.5. The minimum atomic E-state index is -0.168. The molecule has 8 N–H and O–H groups in total. The third kappa shape index (κ3) is 16.1. The summed E-state index contributed by atoms with van der Waals surface area (Å²) >= 11 is 0. The Morgan fingerprint density at radius 2 is 0.770 bits per heavy atom. The van der Waals surface area contributed by atoms with E-state index in [1.54, 1.807) is 12.1 Å². The summed E-state index contributed by atoms with van der Waals surface area (Å²) in [6.07, 6.45) is 12.9. The van der Waals surface area contributed by atoms with Crippen molar-refractivity contribution in [1.29, 1.82) is 0 Å². The van der Waals surface area contributed by atoms with Gasteiger partial charge in [0, 0.05) is 77.2 Å². The Hall–Kier alpha value is -6.74. The zero-order valence-electron chi connectivity index (χ0n) is 45.0. The molecule has 398 valence electrons. The summed E-state index contributed by atoms with van der Waals surface area (Å²) in [5.74, 6) is 2.77. The topological polar surface area (TPSA) is 228 Å². The molecule has 7 aromatic rings. The highest BCUT2D eigenvalue weighted by atomic mass is 16.1. The highest BCUT2D eigenvalue weighted by molar-refractivity contribution is 6.03. The average molecular weight is 1010 g/mol. The monoisotopic (exact) mass is 1010 g/mol. The van der Waals surface area contributed by atoms with Crippen LogP contribution in [-0.4, -0.2) is 163 Å². The molecule has 0 saturated heterocycles. The third-order valence-electron chi connectivity index (χ3n) is 12.9. The summed E-state index contributed by atoms with van der Waals surface area (Å²) in [7, 11) is 16.5. The molecule has 20 nitrogen and oxygen atoms in total. The number of nitrogens with zero attached hydrogens (tertiary/aromatic N) is 10. The minimum absolute atomic E-state index is 0.167. The van der Waals surface area contributed by atoms with Gasteiger partial charge in [-0.1, -0.05) is 25.7 Å². The fourth-order valence-corrected chi connectivity index (χ4v) is 8.84. The van der Waals surface area contributed by atoms with Crippen LogP contribution in [0.1, 0.15) is 77.0 Å². The molecule has 4 heterocycles. The van der Waals surface area contributed by atoms with Crippen molar-refractivity contribution in [2.75, 3.05) is 140 Å². The Morgan fingerprint density at radius 3 is 1.20 bits per heavy atom. The lowest BCUT2D eigenvalue weighted by Crippen LogP contribution is -2.23.